The van der Waals surface area contributed by atoms with Crippen LogP contribution in [0.5, 0.6) is 0 Å². The summed E-state index contributed by atoms with van der Waals surface area (Å²) in [6.45, 7) is 1.61. The van der Waals surface area contributed by atoms with E-state index >= 15 is 0 Å². The van der Waals surface area contributed by atoms with Crippen molar-refractivity contribution in [2.24, 2.45) is 0 Å². The lowest BCUT2D eigenvalue weighted by Gasteiger charge is -2.10. The molecule has 5 heteroatoms. The summed E-state index contributed by atoms with van der Waals surface area (Å²) in [5.74, 6) is 0. The molecule has 1 heterocycles. The van der Waals surface area contributed by atoms with Crippen LogP contribution in [0.3, 0.4) is 0 Å². The Bertz CT molecular complexity index is 315. The number of anilines is 1. The minimum absolute atomic E-state index is 0.0898. The third kappa shape index (κ3) is 1.96. The van der Waals surface area contributed by atoms with Gasteiger partial charge in [0.1, 0.15) is 0 Å². The Kier molecular flexibility index (Phi) is 3.19. The van der Waals surface area contributed by atoms with Gasteiger partial charge in [-0.2, -0.15) is 0 Å². The van der Waals surface area contributed by atoms with E-state index < -0.39 is 6.43 Å². The van der Waals surface area contributed by atoms with Crippen LogP contribution >= 0.6 is 15.9 Å². The predicted octanol–water partition coefficient (Wildman–Crippen LogP) is 2.80. The Hall–Kier alpha value is -0.710. The fourth-order valence-corrected chi connectivity index (χ4v) is 1.49. The van der Waals surface area contributed by atoms with Gasteiger partial charge in [0.25, 0.3) is 6.43 Å². The fraction of sp³-hybridized carbons (Fsp3) is 0.375. The molecule has 0 unspecified atom stereocenters. The number of halogens is 3. The zero-order chi connectivity index (χ0) is 10.0. The summed E-state index contributed by atoms with van der Waals surface area (Å²) in [5.41, 5.74) is 6.37. The van der Waals surface area contributed by atoms with Crippen LogP contribution in [-0.2, 0) is 5.33 Å². The van der Waals surface area contributed by atoms with E-state index in [-0.39, 0.29) is 11.3 Å². The van der Waals surface area contributed by atoms with E-state index in [1.807, 2.05) is 0 Å². The minimum Gasteiger partial charge on any atom is -0.397 e. The van der Waals surface area contributed by atoms with Crippen LogP contribution in [0, 0.1) is 6.92 Å². The van der Waals surface area contributed by atoms with Crippen molar-refractivity contribution in [2.45, 2.75) is 18.7 Å². The highest BCUT2D eigenvalue weighted by Gasteiger charge is 2.17. The second kappa shape index (κ2) is 4.00. The Labute approximate surface area is 83.3 Å². The summed E-state index contributed by atoms with van der Waals surface area (Å²) >= 11 is 3.11. The summed E-state index contributed by atoms with van der Waals surface area (Å²) in [6.07, 6.45) is -1.13. The van der Waals surface area contributed by atoms with Gasteiger partial charge in [0, 0.05) is 17.1 Å². The number of hydrogen-bond acceptors (Lipinski definition) is 2. The predicted molar refractivity (Wildman–Crippen MR) is 51.0 cm³/mol. The van der Waals surface area contributed by atoms with E-state index in [1.54, 1.807) is 6.92 Å². The Morgan fingerprint density at radius 1 is 1.62 bits per heavy atom. The van der Waals surface area contributed by atoms with E-state index in [9.17, 15) is 8.78 Å². The van der Waals surface area contributed by atoms with Gasteiger partial charge in [0.15, 0.2) is 0 Å². The highest BCUT2D eigenvalue weighted by molar-refractivity contribution is 9.08. The molecule has 0 atom stereocenters. The fourth-order valence-electron chi connectivity index (χ4n) is 1.05. The highest BCUT2D eigenvalue weighted by atomic mass is 79.9. The Balaban J connectivity index is 3.32. The van der Waals surface area contributed by atoms with Crippen LogP contribution in [-0.4, -0.2) is 4.98 Å². The number of alkyl halides is 3. The topological polar surface area (TPSA) is 38.9 Å². The third-order valence-electron chi connectivity index (χ3n) is 1.80. The monoisotopic (exact) mass is 250 g/mol. The molecule has 2 nitrogen and oxygen atoms in total. The molecule has 0 bridgehead atoms. The van der Waals surface area contributed by atoms with Gasteiger partial charge >= 0.3 is 0 Å². The van der Waals surface area contributed by atoms with Crippen LogP contribution in [0.15, 0.2) is 6.20 Å². The molecule has 0 aliphatic heterocycles. The second-order valence-corrected chi connectivity index (χ2v) is 3.19. The van der Waals surface area contributed by atoms with Crippen molar-refractivity contribution in [3.05, 3.63) is 23.0 Å². The van der Waals surface area contributed by atoms with Crippen molar-refractivity contribution in [3.8, 4) is 0 Å². The molecule has 0 saturated heterocycles. The maximum atomic E-state index is 12.5. The first-order valence-electron chi connectivity index (χ1n) is 3.66. The summed E-state index contributed by atoms with van der Waals surface area (Å²) in [7, 11) is 0. The van der Waals surface area contributed by atoms with Crippen LogP contribution in [0.25, 0.3) is 0 Å². The van der Waals surface area contributed by atoms with E-state index in [4.69, 9.17) is 5.73 Å². The number of hydrogen-bond donors (Lipinski definition) is 1. The van der Waals surface area contributed by atoms with Crippen LogP contribution in [0.2, 0.25) is 0 Å². The van der Waals surface area contributed by atoms with Crippen LogP contribution in [0.4, 0.5) is 14.5 Å². The SMILES string of the molecule is Cc1ncc(CBr)c(C(F)F)c1N. The molecule has 13 heavy (non-hydrogen) atoms. The molecular weight excluding hydrogens is 242 g/mol. The van der Waals surface area contributed by atoms with Gasteiger partial charge in [-0.25, -0.2) is 8.78 Å². The van der Waals surface area contributed by atoms with Crippen molar-refractivity contribution in [1.82, 2.24) is 4.98 Å². The number of nitrogen functional groups attached to an aromatic ring is 1. The van der Waals surface area contributed by atoms with Crippen molar-refractivity contribution in [1.29, 1.82) is 0 Å². The third-order valence-corrected chi connectivity index (χ3v) is 2.41. The molecule has 0 spiro atoms. The molecule has 0 aromatic carbocycles. The molecule has 0 radical (unpaired) electrons. The molecule has 0 aliphatic carbocycles. The molecule has 0 amide bonds. The largest absolute Gasteiger partial charge is 0.397 e. The van der Waals surface area contributed by atoms with Crippen LogP contribution in [0.1, 0.15) is 23.2 Å². The maximum Gasteiger partial charge on any atom is 0.266 e. The van der Waals surface area contributed by atoms with E-state index in [0.29, 0.717) is 16.6 Å². The number of aromatic nitrogens is 1. The molecule has 0 fully saturated rings. The summed E-state index contributed by atoms with van der Waals surface area (Å²) in [6, 6.07) is 0. The van der Waals surface area contributed by atoms with Gasteiger partial charge in [0.05, 0.1) is 11.4 Å². The smallest absolute Gasteiger partial charge is 0.266 e. The molecule has 1 rings (SSSR count). The average molecular weight is 251 g/mol. The van der Waals surface area contributed by atoms with Gasteiger partial charge in [0.2, 0.25) is 0 Å². The lowest BCUT2D eigenvalue weighted by Crippen LogP contribution is -2.03. The number of nitrogens with zero attached hydrogens (tertiary/aromatic N) is 1. The van der Waals surface area contributed by atoms with Crippen molar-refractivity contribution in [2.75, 3.05) is 5.73 Å². The number of pyridine rings is 1. The second-order valence-electron chi connectivity index (χ2n) is 2.63. The zero-order valence-corrected chi connectivity index (χ0v) is 8.61. The molecule has 1 aromatic rings. The molecule has 2 N–H and O–H groups in total. The standard InChI is InChI=1S/C8H9BrF2N2/c1-4-7(12)6(8(10)11)5(2-9)3-13-4/h3,8H,2,12H2,1H3. The number of aryl methyl sites for hydroxylation is 1. The van der Waals surface area contributed by atoms with Gasteiger partial charge in [-0.1, -0.05) is 15.9 Å². The zero-order valence-electron chi connectivity index (χ0n) is 7.02. The molecule has 0 saturated carbocycles. The highest BCUT2D eigenvalue weighted by Crippen LogP contribution is 2.30. The Morgan fingerprint density at radius 3 is 2.69 bits per heavy atom. The summed E-state index contributed by atoms with van der Waals surface area (Å²) < 4.78 is 25.1. The van der Waals surface area contributed by atoms with E-state index in [2.05, 4.69) is 20.9 Å². The van der Waals surface area contributed by atoms with Gasteiger partial charge in [-0.3, -0.25) is 4.98 Å². The first-order chi connectivity index (χ1) is 6.07. The van der Waals surface area contributed by atoms with Crippen LogP contribution < -0.4 is 5.73 Å². The van der Waals surface area contributed by atoms with Crippen molar-refractivity contribution >= 4 is 21.6 Å². The van der Waals surface area contributed by atoms with E-state index in [0.717, 1.165) is 0 Å². The Morgan fingerprint density at radius 2 is 2.23 bits per heavy atom. The van der Waals surface area contributed by atoms with Gasteiger partial charge in [-0.05, 0) is 12.5 Å². The van der Waals surface area contributed by atoms with Gasteiger partial charge < -0.3 is 5.73 Å². The first-order valence-corrected chi connectivity index (χ1v) is 4.78. The quantitative estimate of drug-likeness (QED) is 0.821. The normalized spacial score (nSPS) is 10.8. The average Bonchev–Trinajstić information content (AvgIpc) is 2.08. The minimum atomic E-state index is -2.55. The van der Waals surface area contributed by atoms with Crippen molar-refractivity contribution < 1.29 is 8.78 Å². The maximum absolute atomic E-state index is 12.5. The van der Waals surface area contributed by atoms with Crippen molar-refractivity contribution in [3.63, 3.8) is 0 Å². The molecule has 1 aromatic heterocycles. The lowest BCUT2D eigenvalue weighted by atomic mass is 10.1. The molecular formula is C8H9BrF2N2. The molecule has 0 aliphatic rings. The first kappa shape index (κ1) is 10.4. The number of rotatable bonds is 2. The summed E-state index contributed by atoms with van der Waals surface area (Å²) in [5, 5.41) is 0.337. The molecule has 72 valence electrons. The van der Waals surface area contributed by atoms with Gasteiger partial charge in [-0.15, -0.1) is 0 Å². The summed E-state index contributed by atoms with van der Waals surface area (Å²) in [4.78, 5) is 3.90. The number of nitrogens with two attached hydrogens (primary N) is 1. The lowest BCUT2D eigenvalue weighted by molar-refractivity contribution is 0.151. The van der Waals surface area contributed by atoms with E-state index in [1.165, 1.54) is 6.20 Å².